The highest BCUT2D eigenvalue weighted by atomic mass is 15.4. The lowest BCUT2D eigenvalue weighted by atomic mass is 9.46. The van der Waals surface area contributed by atoms with Gasteiger partial charge >= 0.3 is 0 Å². The van der Waals surface area contributed by atoms with E-state index in [1.54, 1.807) is 43.0 Å². The van der Waals surface area contributed by atoms with Crippen LogP contribution in [0.3, 0.4) is 0 Å². The Kier molecular flexibility index (Phi) is 7.73. The Hall–Kier alpha value is -0.0400. The largest absolute Gasteiger partial charge is 0.319 e. The lowest BCUT2D eigenvalue weighted by Gasteiger charge is -2.68. The van der Waals surface area contributed by atoms with Gasteiger partial charge < -0.3 is 4.48 Å². The lowest BCUT2D eigenvalue weighted by Crippen LogP contribution is -2.74. The third-order valence-electron chi connectivity index (χ3n) is 9.11. The van der Waals surface area contributed by atoms with E-state index in [4.69, 9.17) is 0 Å². The summed E-state index contributed by atoms with van der Waals surface area (Å²) in [5.74, 6) is 4.31. The van der Waals surface area contributed by atoms with Crippen molar-refractivity contribution in [2.24, 2.45) is 23.7 Å². The Labute approximate surface area is 171 Å². The van der Waals surface area contributed by atoms with E-state index in [2.05, 4.69) is 27.7 Å². The molecule has 0 aromatic rings. The molecule has 0 saturated heterocycles. The van der Waals surface area contributed by atoms with Crippen LogP contribution in [0.2, 0.25) is 0 Å². The highest BCUT2D eigenvalue weighted by Gasteiger charge is 2.65. The third-order valence-corrected chi connectivity index (χ3v) is 9.11. The Bertz CT molecular complexity index is 406. The molecule has 158 valence electrons. The number of quaternary nitrogens is 1. The van der Waals surface area contributed by atoms with Gasteiger partial charge in [-0.2, -0.15) is 0 Å². The lowest BCUT2D eigenvalue weighted by molar-refractivity contribution is -0.986. The Morgan fingerprint density at radius 2 is 1.15 bits per heavy atom. The van der Waals surface area contributed by atoms with Gasteiger partial charge in [-0.05, 0) is 62.7 Å². The van der Waals surface area contributed by atoms with E-state index < -0.39 is 0 Å². The van der Waals surface area contributed by atoms with E-state index in [9.17, 15) is 0 Å². The first-order valence-electron chi connectivity index (χ1n) is 13.0. The summed E-state index contributed by atoms with van der Waals surface area (Å²) in [6, 6.07) is 0. The van der Waals surface area contributed by atoms with Gasteiger partial charge in [0.1, 0.15) is 5.54 Å². The first-order valence-corrected chi connectivity index (χ1v) is 13.0. The monoisotopic (exact) mass is 376 g/mol. The van der Waals surface area contributed by atoms with Gasteiger partial charge in [-0.3, -0.25) is 0 Å². The van der Waals surface area contributed by atoms with Crippen molar-refractivity contribution in [1.82, 2.24) is 0 Å². The van der Waals surface area contributed by atoms with Gasteiger partial charge in [0.15, 0.2) is 0 Å². The molecule has 27 heavy (non-hydrogen) atoms. The summed E-state index contributed by atoms with van der Waals surface area (Å²) < 4.78 is 1.54. The number of hydrogen-bond acceptors (Lipinski definition) is 0. The smallest absolute Gasteiger partial charge is 0.103 e. The molecule has 0 spiro atoms. The fourth-order valence-electron chi connectivity index (χ4n) is 8.16. The van der Waals surface area contributed by atoms with Crippen LogP contribution in [0.4, 0.5) is 0 Å². The number of rotatable bonds is 13. The summed E-state index contributed by atoms with van der Waals surface area (Å²) in [4.78, 5) is 0. The zero-order valence-electron chi connectivity index (χ0n) is 19.3. The molecule has 0 radical (unpaired) electrons. The van der Waals surface area contributed by atoms with Gasteiger partial charge in [-0.25, -0.2) is 0 Å². The molecule has 0 heterocycles. The van der Waals surface area contributed by atoms with Crippen LogP contribution in [0.1, 0.15) is 118 Å². The second-order valence-electron chi connectivity index (χ2n) is 10.8. The molecule has 4 saturated carbocycles. The molecule has 3 atom stereocenters. The second-order valence-corrected chi connectivity index (χ2v) is 10.8. The molecule has 0 aromatic heterocycles. The topological polar surface area (TPSA) is 0 Å². The van der Waals surface area contributed by atoms with Crippen LogP contribution in [0.25, 0.3) is 0 Å². The van der Waals surface area contributed by atoms with Crippen molar-refractivity contribution in [1.29, 1.82) is 0 Å². The van der Waals surface area contributed by atoms with Crippen LogP contribution >= 0.6 is 0 Å². The first-order chi connectivity index (χ1) is 13.1. The maximum Gasteiger partial charge on any atom is 0.103 e. The van der Waals surface area contributed by atoms with Crippen molar-refractivity contribution >= 4 is 0 Å². The van der Waals surface area contributed by atoms with Gasteiger partial charge in [-0.1, -0.05) is 59.8 Å². The molecule has 4 aliphatic rings. The minimum absolute atomic E-state index is 0.670. The van der Waals surface area contributed by atoms with Gasteiger partial charge in [-0.15, -0.1) is 0 Å². The molecule has 1 heteroatoms. The van der Waals surface area contributed by atoms with Crippen LogP contribution in [-0.2, 0) is 0 Å². The molecule has 4 bridgehead atoms. The van der Waals surface area contributed by atoms with Crippen LogP contribution in [0.5, 0.6) is 0 Å². The summed E-state index contributed by atoms with van der Waals surface area (Å²) in [6.45, 7) is 14.1. The van der Waals surface area contributed by atoms with Crippen molar-refractivity contribution < 1.29 is 4.48 Å². The van der Waals surface area contributed by atoms with Crippen molar-refractivity contribution in [2.45, 2.75) is 123 Å². The zero-order chi connectivity index (χ0) is 19.3. The SMILES string of the molecule is CCCCC1C2CC3CC(C2)CC1([N+](CCCC)(CCCC)CCCC)C3. The molecule has 3 unspecified atom stereocenters. The maximum atomic E-state index is 2.42. The maximum absolute atomic E-state index is 2.42. The van der Waals surface area contributed by atoms with Crippen molar-refractivity contribution in [3.05, 3.63) is 0 Å². The van der Waals surface area contributed by atoms with Gasteiger partial charge in [0, 0.05) is 18.8 Å². The van der Waals surface area contributed by atoms with Crippen LogP contribution in [0.15, 0.2) is 0 Å². The zero-order valence-corrected chi connectivity index (χ0v) is 19.3. The molecule has 4 rings (SSSR count). The summed E-state index contributed by atoms with van der Waals surface area (Å²) in [5, 5.41) is 0. The van der Waals surface area contributed by atoms with E-state index in [1.165, 1.54) is 71.0 Å². The second kappa shape index (κ2) is 9.64. The average Bonchev–Trinajstić information content (AvgIpc) is 2.66. The first kappa shape index (κ1) is 21.7. The number of unbranched alkanes of at least 4 members (excludes halogenated alkanes) is 4. The van der Waals surface area contributed by atoms with E-state index in [1.807, 2.05) is 0 Å². The average molecular weight is 377 g/mol. The van der Waals surface area contributed by atoms with Crippen molar-refractivity contribution in [3.8, 4) is 0 Å². The molecule has 0 aromatic carbocycles. The fraction of sp³-hybridized carbons (Fsp3) is 1.00. The predicted molar refractivity (Wildman–Crippen MR) is 119 cm³/mol. The quantitative estimate of drug-likeness (QED) is 0.290. The summed E-state index contributed by atoms with van der Waals surface area (Å²) in [5.41, 5.74) is 0.670. The van der Waals surface area contributed by atoms with E-state index in [-0.39, 0.29) is 0 Å². The van der Waals surface area contributed by atoms with Crippen molar-refractivity contribution in [2.75, 3.05) is 19.6 Å². The highest BCUT2D eigenvalue weighted by molar-refractivity contribution is 5.08. The predicted octanol–water partition coefficient (Wildman–Crippen LogP) is 7.59. The molecule has 4 fully saturated rings. The van der Waals surface area contributed by atoms with E-state index in [0.717, 1.165) is 23.7 Å². The molecule has 0 N–H and O–H groups in total. The molecule has 0 aliphatic heterocycles. The van der Waals surface area contributed by atoms with Gasteiger partial charge in [0.2, 0.25) is 0 Å². The van der Waals surface area contributed by atoms with Crippen LogP contribution < -0.4 is 0 Å². The molecule has 1 nitrogen and oxygen atoms in total. The van der Waals surface area contributed by atoms with Crippen molar-refractivity contribution in [3.63, 3.8) is 0 Å². The summed E-state index contributed by atoms with van der Waals surface area (Å²) >= 11 is 0. The Morgan fingerprint density at radius 3 is 1.59 bits per heavy atom. The molecular weight excluding hydrogens is 326 g/mol. The summed E-state index contributed by atoms with van der Waals surface area (Å²) in [6.07, 6.45) is 20.9. The minimum Gasteiger partial charge on any atom is -0.319 e. The molecule has 4 aliphatic carbocycles. The van der Waals surface area contributed by atoms with Crippen LogP contribution in [-0.4, -0.2) is 29.7 Å². The highest BCUT2D eigenvalue weighted by Crippen LogP contribution is 2.63. The summed E-state index contributed by atoms with van der Waals surface area (Å²) in [7, 11) is 0. The minimum atomic E-state index is 0.670. The normalized spacial score (nSPS) is 35.1. The number of hydrogen-bond donors (Lipinski definition) is 0. The van der Waals surface area contributed by atoms with E-state index in [0.29, 0.717) is 5.54 Å². The molecule has 0 amide bonds. The standard InChI is InChI=1S/C26H50N/c1-5-9-13-25-24-18-22-17-23(19-24)21-26(25,20-22)27(14-10-6-2,15-11-7-3)16-12-8-4/h22-25H,5-21H2,1-4H3/q+1. The number of nitrogens with zero attached hydrogens (tertiary/aromatic N) is 1. The Morgan fingerprint density at radius 1 is 0.667 bits per heavy atom. The van der Waals surface area contributed by atoms with Gasteiger partial charge in [0.25, 0.3) is 0 Å². The fourth-order valence-corrected chi connectivity index (χ4v) is 8.16. The molecular formula is C26H50N+. The third kappa shape index (κ3) is 4.15. The van der Waals surface area contributed by atoms with E-state index >= 15 is 0 Å². The Balaban J connectivity index is 1.98. The van der Waals surface area contributed by atoms with Crippen LogP contribution in [0, 0.1) is 23.7 Å². The van der Waals surface area contributed by atoms with Gasteiger partial charge in [0.05, 0.1) is 19.6 Å².